The summed E-state index contributed by atoms with van der Waals surface area (Å²) in [5, 5.41) is 30.2. The fourth-order valence-electron chi connectivity index (χ4n) is 3.95. The summed E-state index contributed by atoms with van der Waals surface area (Å²) in [4.78, 5) is 5.46. The summed E-state index contributed by atoms with van der Waals surface area (Å²) in [5.74, 6) is 1.58. The Labute approximate surface area is 203 Å². The van der Waals surface area contributed by atoms with Crippen molar-refractivity contribution in [1.82, 2.24) is 35.3 Å². The minimum absolute atomic E-state index is 0.559. The van der Waals surface area contributed by atoms with Crippen LogP contribution in [0.1, 0.15) is 36.8 Å². The fraction of sp³-hybridized carbons (Fsp3) is 0.231. The van der Waals surface area contributed by atoms with Crippen molar-refractivity contribution < 1.29 is 4.85 Å². The topological polar surface area (TPSA) is 112 Å². The zero-order chi connectivity index (χ0) is 24.2. The van der Waals surface area contributed by atoms with Gasteiger partial charge < -0.3 is 9.77 Å². The SMILES string of the molecule is CCCCc1nc(-c2ccc(C)[n+]([O-])n2)cn1Cc1ccc(-c2ccc(-c3nn[nH]n3)cc2)cc1. The van der Waals surface area contributed by atoms with Gasteiger partial charge in [0.05, 0.1) is 0 Å². The fourth-order valence-corrected chi connectivity index (χ4v) is 3.95. The molecule has 0 radical (unpaired) electrons. The molecule has 3 aromatic heterocycles. The third-order valence-corrected chi connectivity index (χ3v) is 5.99. The van der Waals surface area contributed by atoms with E-state index in [1.807, 2.05) is 24.4 Å². The van der Waals surface area contributed by atoms with Gasteiger partial charge in [0, 0.05) is 42.8 Å². The van der Waals surface area contributed by atoms with Crippen molar-refractivity contribution in [2.24, 2.45) is 0 Å². The second-order valence-electron chi connectivity index (χ2n) is 8.52. The number of unbranched alkanes of at least 4 members (excludes halogenated alkanes) is 1. The maximum atomic E-state index is 12.0. The molecular formula is C26H26N8O. The number of aryl methyl sites for hydroxylation is 2. The Kier molecular flexibility index (Phi) is 6.30. The van der Waals surface area contributed by atoms with Crippen molar-refractivity contribution in [2.45, 2.75) is 39.7 Å². The minimum Gasteiger partial charge on any atom is -0.594 e. The van der Waals surface area contributed by atoms with Crippen molar-refractivity contribution in [3.8, 4) is 33.9 Å². The average Bonchev–Trinajstić information content (AvgIpc) is 3.56. The molecule has 3 heterocycles. The van der Waals surface area contributed by atoms with Gasteiger partial charge in [0.25, 0.3) is 0 Å². The van der Waals surface area contributed by atoms with E-state index in [0.717, 1.165) is 47.5 Å². The standard InChI is InChI=1S/C26H26N8O/c1-3-4-5-25-27-24(23-15-6-18(2)34(35)30-23)17-33(25)16-19-7-9-20(10-8-19)21-11-13-22(14-12-21)26-28-31-32-29-26/h6-15,17H,3-5,16H2,1-2H3,(H,28,29,31,32). The molecule has 2 aromatic carbocycles. The monoisotopic (exact) mass is 466 g/mol. The lowest BCUT2D eigenvalue weighted by atomic mass is 10.0. The number of hydrogen-bond donors (Lipinski definition) is 1. The van der Waals surface area contributed by atoms with Gasteiger partial charge in [0.2, 0.25) is 11.5 Å². The molecule has 0 fully saturated rings. The summed E-state index contributed by atoms with van der Waals surface area (Å²) in [6.45, 7) is 4.61. The Morgan fingerprint density at radius 3 is 2.29 bits per heavy atom. The predicted molar refractivity (Wildman–Crippen MR) is 132 cm³/mol. The zero-order valence-corrected chi connectivity index (χ0v) is 19.7. The number of benzene rings is 2. The molecule has 0 spiro atoms. The summed E-state index contributed by atoms with van der Waals surface area (Å²) in [6.07, 6.45) is 5.02. The van der Waals surface area contributed by atoms with Gasteiger partial charge in [0.15, 0.2) is 5.69 Å². The lowest BCUT2D eigenvalue weighted by molar-refractivity contribution is -0.674. The Morgan fingerprint density at radius 2 is 1.63 bits per heavy atom. The van der Waals surface area contributed by atoms with Gasteiger partial charge in [-0.1, -0.05) is 66.7 Å². The largest absolute Gasteiger partial charge is 0.594 e. The average molecular weight is 467 g/mol. The van der Waals surface area contributed by atoms with E-state index in [4.69, 9.17) is 4.98 Å². The van der Waals surface area contributed by atoms with Gasteiger partial charge >= 0.3 is 0 Å². The highest BCUT2D eigenvalue weighted by molar-refractivity contribution is 5.67. The van der Waals surface area contributed by atoms with Gasteiger partial charge in [-0.2, -0.15) is 5.21 Å². The molecule has 5 rings (SSSR count). The summed E-state index contributed by atoms with van der Waals surface area (Å²) >= 11 is 0. The van der Waals surface area contributed by atoms with Crippen molar-refractivity contribution in [2.75, 3.05) is 0 Å². The van der Waals surface area contributed by atoms with E-state index in [-0.39, 0.29) is 0 Å². The summed E-state index contributed by atoms with van der Waals surface area (Å²) in [5.41, 5.74) is 6.21. The molecule has 0 atom stereocenters. The maximum Gasteiger partial charge on any atom is 0.218 e. The van der Waals surface area contributed by atoms with Gasteiger partial charge in [-0.05, 0) is 34.4 Å². The highest BCUT2D eigenvalue weighted by atomic mass is 16.5. The molecular weight excluding hydrogens is 440 g/mol. The van der Waals surface area contributed by atoms with Crippen LogP contribution in [0.3, 0.4) is 0 Å². The van der Waals surface area contributed by atoms with Crippen LogP contribution < -0.4 is 4.85 Å². The van der Waals surface area contributed by atoms with Crippen LogP contribution in [0.15, 0.2) is 66.9 Å². The van der Waals surface area contributed by atoms with Crippen LogP contribution in [-0.4, -0.2) is 35.3 Å². The number of nitrogens with zero attached hydrogens (tertiary/aromatic N) is 7. The van der Waals surface area contributed by atoms with Gasteiger partial charge in [0.1, 0.15) is 11.5 Å². The third kappa shape index (κ3) is 4.93. The molecule has 0 saturated heterocycles. The van der Waals surface area contributed by atoms with E-state index < -0.39 is 0 Å². The van der Waals surface area contributed by atoms with Gasteiger partial charge in [-0.3, -0.25) is 0 Å². The quantitative estimate of drug-likeness (QED) is 0.272. The predicted octanol–water partition coefficient (Wildman–Crippen LogP) is 4.12. The van der Waals surface area contributed by atoms with E-state index in [1.54, 1.807) is 13.0 Å². The Morgan fingerprint density at radius 1 is 0.914 bits per heavy atom. The van der Waals surface area contributed by atoms with Crippen molar-refractivity contribution in [1.29, 1.82) is 0 Å². The summed E-state index contributed by atoms with van der Waals surface area (Å²) < 4.78 is 2.16. The van der Waals surface area contributed by atoms with Crippen LogP contribution in [0.4, 0.5) is 0 Å². The normalized spacial score (nSPS) is 11.1. The van der Waals surface area contributed by atoms with Crippen LogP contribution in [-0.2, 0) is 13.0 Å². The number of nitrogens with one attached hydrogen (secondary N) is 1. The smallest absolute Gasteiger partial charge is 0.218 e. The molecule has 0 aliphatic heterocycles. The molecule has 35 heavy (non-hydrogen) atoms. The number of rotatable bonds is 8. The molecule has 0 unspecified atom stereocenters. The number of hydrogen-bond acceptors (Lipinski definition) is 6. The highest BCUT2D eigenvalue weighted by Gasteiger charge is 2.14. The molecule has 0 saturated carbocycles. The first-order chi connectivity index (χ1) is 17.1. The first-order valence-corrected chi connectivity index (χ1v) is 11.7. The lowest BCUT2D eigenvalue weighted by Gasteiger charge is -2.09. The number of H-pyrrole nitrogens is 1. The van der Waals surface area contributed by atoms with E-state index in [0.29, 0.717) is 28.6 Å². The lowest BCUT2D eigenvalue weighted by Crippen LogP contribution is -2.34. The highest BCUT2D eigenvalue weighted by Crippen LogP contribution is 2.24. The Balaban J connectivity index is 1.36. The number of tetrazole rings is 1. The molecule has 0 amide bonds. The molecule has 9 heteroatoms. The van der Waals surface area contributed by atoms with E-state index in [2.05, 4.69) is 73.6 Å². The molecule has 176 valence electrons. The van der Waals surface area contributed by atoms with Crippen LogP contribution in [0.2, 0.25) is 0 Å². The van der Waals surface area contributed by atoms with Crippen LogP contribution in [0, 0.1) is 12.1 Å². The van der Waals surface area contributed by atoms with Crippen LogP contribution in [0.25, 0.3) is 33.9 Å². The minimum atomic E-state index is 0.559. The van der Waals surface area contributed by atoms with Crippen molar-refractivity contribution >= 4 is 0 Å². The molecule has 0 aliphatic rings. The van der Waals surface area contributed by atoms with Crippen molar-refractivity contribution in [3.63, 3.8) is 0 Å². The Hall–Kier alpha value is -4.40. The second-order valence-corrected chi connectivity index (χ2v) is 8.52. The van der Waals surface area contributed by atoms with Crippen molar-refractivity contribution in [3.05, 3.63) is 89.1 Å². The zero-order valence-electron chi connectivity index (χ0n) is 19.7. The van der Waals surface area contributed by atoms with E-state index in [9.17, 15) is 5.21 Å². The molecule has 5 aromatic rings. The number of aromatic amines is 1. The molecule has 0 bridgehead atoms. The van der Waals surface area contributed by atoms with Crippen LogP contribution in [0.5, 0.6) is 0 Å². The van der Waals surface area contributed by atoms with E-state index in [1.165, 1.54) is 5.56 Å². The summed E-state index contributed by atoms with van der Waals surface area (Å²) in [7, 11) is 0. The third-order valence-electron chi connectivity index (χ3n) is 5.99. The number of imidazole rings is 1. The summed E-state index contributed by atoms with van der Waals surface area (Å²) in [6, 6.07) is 20.3. The number of aromatic nitrogens is 8. The van der Waals surface area contributed by atoms with Gasteiger partial charge in [-0.15, -0.1) is 10.2 Å². The molecule has 0 aliphatic carbocycles. The second kappa shape index (κ2) is 9.84. The van der Waals surface area contributed by atoms with Gasteiger partial charge in [-0.25, -0.2) is 4.98 Å². The first kappa shape index (κ1) is 22.4. The molecule has 1 N–H and O–H groups in total. The Bertz CT molecular complexity index is 1410. The first-order valence-electron chi connectivity index (χ1n) is 11.7. The molecule has 9 nitrogen and oxygen atoms in total. The maximum absolute atomic E-state index is 12.0. The van der Waals surface area contributed by atoms with Crippen LogP contribution >= 0.6 is 0 Å². The van der Waals surface area contributed by atoms with E-state index >= 15 is 0 Å².